The lowest BCUT2D eigenvalue weighted by molar-refractivity contribution is 0.515. The van der Waals surface area contributed by atoms with Gasteiger partial charge in [-0.05, 0) is 30.3 Å². The fraction of sp³-hybridized carbons (Fsp3) is 0. The van der Waals surface area contributed by atoms with Crippen molar-refractivity contribution in [3.63, 3.8) is 0 Å². The summed E-state index contributed by atoms with van der Waals surface area (Å²) in [6.07, 6.45) is 0. The number of fused-ring (bicyclic) bond motifs is 1. The minimum absolute atomic E-state index is 0.0221. The average Bonchev–Trinajstić information content (AvgIpc) is 2.77. The molecular weight excluding hydrogens is 338 g/mol. The fourth-order valence-electron chi connectivity index (χ4n) is 1.84. The SMILES string of the molecule is Fc1ccc2[nH]c(-c3cc(Cl)cc(Br)c3)nc2c1F. The molecule has 0 spiro atoms. The van der Waals surface area contributed by atoms with E-state index in [2.05, 4.69) is 25.9 Å². The van der Waals surface area contributed by atoms with Crippen LogP contribution in [0.2, 0.25) is 5.02 Å². The Kier molecular flexibility index (Phi) is 3.03. The van der Waals surface area contributed by atoms with Gasteiger partial charge in [0.25, 0.3) is 0 Å². The Morgan fingerprint density at radius 1 is 1.16 bits per heavy atom. The molecule has 96 valence electrons. The van der Waals surface area contributed by atoms with Crippen molar-refractivity contribution < 1.29 is 8.78 Å². The zero-order valence-corrected chi connectivity index (χ0v) is 11.7. The van der Waals surface area contributed by atoms with Crippen LogP contribution in [0.5, 0.6) is 0 Å². The van der Waals surface area contributed by atoms with E-state index < -0.39 is 11.6 Å². The third-order valence-electron chi connectivity index (χ3n) is 2.68. The van der Waals surface area contributed by atoms with Gasteiger partial charge in [0.2, 0.25) is 0 Å². The second-order valence-corrected chi connectivity index (χ2v) is 5.35. The molecule has 6 heteroatoms. The molecule has 1 N–H and O–H groups in total. The van der Waals surface area contributed by atoms with Crippen LogP contribution in [0.15, 0.2) is 34.8 Å². The van der Waals surface area contributed by atoms with Gasteiger partial charge in [-0.2, -0.15) is 0 Å². The number of imidazole rings is 1. The summed E-state index contributed by atoms with van der Waals surface area (Å²) in [5, 5.41) is 0.525. The Morgan fingerprint density at radius 3 is 2.68 bits per heavy atom. The minimum Gasteiger partial charge on any atom is -0.338 e. The number of hydrogen-bond donors (Lipinski definition) is 1. The van der Waals surface area contributed by atoms with Crippen molar-refractivity contribution in [2.45, 2.75) is 0 Å². The summed E-state index contributed by atoms with van der Waals surface area (Å²) in [5.74, 6) is -1.44. The summed E-state index contributed by atoms with van der Waals surface area (Å²) in [6.45, 7) is 0. The zero-order valence-electron chi connectivity index (χ0n) is 9.35. The normalized spacial score (nSPS) is 11.2. The number of H-pyrrole nitrogens is 1. The van der Waals surface area contributed by atoms with E-state index in [0.29, 0.717) is 21.9 Å². The molecule has 3 aromatic rings. The van der Waals surface area contributed by atoms with Gasteiger partial charge in [-0.1, -0.05) is 27.5 Å². The Balaban J connectivity index is 2.23. The molecule has 1 aromatic heterocycles. The van der Waals surface area contributed by atoms with E-state index in [-0.39, 0.29) is 5.52 Å². The largest absolute Gasteiger partial charge is 0.338 e. The maximum Gasteiger partial charge on any atom is 0.186 e. The van der Waals surface area contributed by atoms with Crippen molar-refractivity contribution >= 4 is 38.6 Å². The number of rotatable bonds is 1. The van der Waals surface area contributed by atoms with Crippen molar-refractivity contribution in [3.8, 4) is 11.4 Å². The summed E-state index contributed by atoms with van der Waals surface area (Å²) in [7, 11) is 0. The van der Waals surface area contributed by atoms with Crippen LogP contribution < -0.4 is 0 Å². The molecule has 0 aliphatic heterocycles. The highest BCUT2D eigenvalue weighted by molar-refractivity contribution is 9.10. The Labute approximate surface area is 120 Å². The molecular formula is C13H6BrClF2N2. The highest BCUT2D eigenvalue weighted by Gasteiger charge is 2.13. The molecule has 0 fully saturated rings. The number of hydrogen-bond acceptors (Lipinski definition) is 1. The molecule has 0 atom stereocenters. The highest BCUT2D eigenvalue weighted by Crippen LogP contribution is 2.28. The molecule has 19 heavy (non-hydrogen) atoms. The van der Waals surface area contributed by atoms with Gasteiger partial charge in [-0.3, -0.25) is 0 Å². The summed E-state index contributed by atoms with van der Waals surface area (Å²) < 4.78 is 27.5. The lowest BCUT2D eigenvalue weighted by Crippen LogP contribution is -1.84. The van der Waals surface area contributed by atoms with E-state index >= 15 is 0 Å². The first-order chi connectivity index (χ1) is 9.04. The first-order valence-electron chi connectivity index (χ1n) is 5.35. The molecule has 0 saturated heterocycles. The van der Waals surface area contributed by atoms with Gasteiger partial charge in [0.15, 0.2) is 11.6 Å². The first-order valence-corrected chi connectivity index (χ1v) is 6.52. The quantitative estimate of drug-likeness (QED) is 0.667. The number of nitrogens with zero attached hydrogens (tertiary/aromatic N) is 1. The second-order valence-electron chi connectivity index (χ2n) is 4.00. The van der Waals surface area contributed by atoms with Crippen LogP contribution in [-0.4, -0.2) is 9.97 Å². The molecule has 1 heterocycles. The number of aromatic amines is 1. The number of benzene rings is 2. The van der Waals surface area contributed by atoms with Gasteiger partial charge in [0.1, 0.15) is 11.3 Å². The molecule has 0 unspecified atom stereocenters. The topological polar surface area (TPSA) is 28.7 Å². The van der Waals surface area contributed by atoms with Crippen LogP contribution in [0.4, 0.5) is 8.78 Å². The minimum atomic E-state index is -0.957. The van der Waals surface area contributed by atoms with Gasteiger partial charge in [-0.15, -0.1) is 0 Å². The van der Waals surface area contributed by atoms with Gasteiger partial charge in [-0.25, -0.2) is 13.8 Å². The standard InChI is InChI=1S/C13H6BrClF2N2/c14-7-3-6(4-8(15)5-7)13-18-10-2-1-9(16)11(17)12(10)19-13/h1-5H,(H,18,19). The van der Waals surface area contributed by atoms with Crippen LogP contribution >= 0.6 is 27.5 Å². The van der Waals surface area contributed by atoms with Crippen molar-refractivity contribution in [1.82, 2.24) is 9.97 Å². The molecule has 2 aromatic carbocycles. The summed E-state index contributed by atoms with van der Waals surface area (Å²) in [5.41, 5.74) is 1.10. The first kappa shape index (κ1) is 12.6. The smallest absolute Gasteiger partial charge is 0.186 e. The van der Waals surface area contributed by atoms with Crippen LogP contribution in [0, 0.1) is 11.6 Å². The molecule has 3 rings (SSSR count). The molecule has 0 aliphatic rings. The van der Waals surface area contributed by atoms with Crippen molar-refractivity contribution in [3.05, 3.63) is 51.5 Å². The van der Waals surface area contributed by atoms with E-state index in [1.54, 1.807) is 18.2 Å². The Hall–Kier alpha value is -1.46. The number of aromatic nitrogens is 2. The maximum atomic E-state index is 13.6. The summed E-state index contributed by atoms with van der Waals surface area (Å²) >= 11 is 9.27. The lowest BCUT2D eigenvalue weighted by atomic mass is 10.2. The van der Waals surface area contributed by atoms with Crippen LogP contribution in [-0.2, 0) is 0 Å². The molecule has 0 saturated carbocycles. The van der Waals surface area contributed by atoms with Gasteiger partial charge in [0.05, 0.1) is 5.52 Å². The van der Waals surface area contributed by atoms with Gasteiger partial charge in [0, 0.05) is 15.1 Å². The van der Waals surface area contributed by atoms with Crippen molar-refractivity contribution in [1.29, 1.82) is 0 Å². The van der Waals surface area contributed by atoms with E-state index in [1.807, 2.05) is 0 Å². The third kappa shape index (κ3) is 2.24. The van der Waals surface area contributed by atoms with Crippen molar-refractivity contribution in [2.75, 3.05) is 0 Å². The van der Waals surface area contributed by atoms with E-state index in [9.17, 15) is 8.78 Å². The highest BCUT2D eigenvalue weighted by atomic mass is 79.9. The zero-order chi connectivity index (χ0) is 13.6. The van der Waals surface area contributed by atoms with Crippen LogP contribution in [0.1, 0.15) is 0 Å². The monoisotopic (exact) mass is 342 g/mol. The predicted molar refractivity (Wildman–Crippen MR) is 74.2 cm³/mol. The van der Waals surface area contributed by atoms with Crippen molar-refractivity contribution in [2.24, 2.45) is 0 Å². The van der Waals surface area contributed by atoms with Crippen LogP contribution in [0.25, 0.3) is 22.4 Å². The summed E-state index contributed by atoms with van der Waals surface area (Å²) in [6, 6.07) is 7.72. The number of halogens is 4. The second kappa shape index (κ2) is 4.58. The predicted octanol–water partition coefficient (Wildman–Crippen LogP) is 4.92. The van der Waals surface area contributed by atoms with E-state index in [1.165, 1.54) is 6.07 Å². The lowest BCUT2D eigenvalue weighted by Gasteiger charge is -1.99. The molecule has 0 aliphatic carbocycles. The molecule has 0 bridgehead atoms. The summed E-state index contributed by atoms with van der Waals surface area (Å²) in [4.78, 5) is 7.01. The molecule has 2 nitrogen and oxygen atoms in total. The Bertz CT molecular complexity index is 765. The average molecular weight is 344 g/mol. The number of nitrogens with one attached hydrogen (secondary N) is 1. The maximum absolute atomic E-state index is 13.6. The van der Waals surface area contributed by atoms with E-state index in [4.69, 9.17) is 11.6 Å². The Morgan fingerprint density at radius 2 is 1.95 bits per heavy atom. The van der Waals surface area contributed by atoms with E-state index in [0.717, 1.165) is 10.5 Å². The van der Waals surface area contributed by atoms with Gasteiger partial charge >= 0.3 is 0 Å². The van der Waals surface area contributed by atoms with Crippen LogP contribution in [0.3, 0.4) is 0 Å². The molecule has 0 amide bonds. The fourth-order valence-corrected chi connectivity index (χ4v) is 2.70. The third-order valence-corrected chi connectivity index (χ3v) is 3.36. The molecule has 0 radical (unpaired) electrons. The van der Waals surface area contributed by atoms with Gasteiger partial charge < -0.3 is 4.98 Å².